The van der Waals surface area contributed by atoms with Gasteiger partial charge in [-0.1, -0.05) is 81.8 Å². The molecular weight excluding hydrogens is 362 g/mol. The fourth-order valence-electron chi connectivity index (χ4n) is 3.79. The topological polar surface area (TPSA) is 66.4 Å². The normalized spacial score (nSPS) is 19.2. The smallest absolute Gasteiger partial charge is 0.261 e. The number of hydrogen-bond donors (Lipinski definition) is 2. The number of aryl methyl sites for hydroxylation is 1. The number of carbonyl (C=O) groups is 2. The highest BCUT2D eigenvalue weighted by molar-refractivity contribution is 6.22. The molecule has 4 heteroatoms. The van der Waals surface area contributed by atoms with Crippen LogP contribution in [0.4, 0.5) is 0 Å². The molecule has 0 fully saturated rings. The molecule has 0 saturated heterocycles. The fourth-order valence-corrected chi connectivity index (χ4v) is 3.79. The van der Waals surface area contributed by atoms with Crippen LogP contribution < -0.4 is 5.32 Å². The van der Waals surface area contributed by atoms with E-state index in [0.29, 0.717) is 17.2 Å². The minimum atomic E-state index is -1.85. The predicted molar refractivity (Wildman–Crippen MR) is 116 cm³/mol. The number of benzene rings is 2. The molecule has 4 nitrogen and oxygen atoms in total. The molecule has 1 aliphatic rings. The Bertz CT molecular complexity index is 953. The summed E-state index contributed by atoms with van der Waals surface area (Å²) in [6, 6.07) is 15.0. The second kappa shape index (κ2) is 7.96. The first-order chi connectivity index (χ1) is 13.6. The van der Waals surface area contributed by atoms with Crippen LogP contribution in [0.1, 0.15) is 67.1 Å². The SMILES string of the molecule is Cc1ccc(C(=O)C2=C(c3ccc(C(C)C)cc3)NC(=O)C2(O)CC(C)C)cc1. The Morgan fingerprint density at radius 3 is 2.10 bits per heavy atom. The quantitative estimate of drug-likeness (QED) is 0.706. The van der Waals surface area contributed by atoms with Crippen LogP contribution in [-0.2, 0) is 4.79 Å². The molecule has 0 aliphatic carbocycles. The van der Waals surface area contributed by atoms with Gasteiger partial charge in [-0.3, -0.25) is 9.59 Å². The Balaban J connectivity index is 2.16. The summed E-state index contributed by atoms with van der Waals surface area (Å²) in [7, 11) is 0. The van der Waals surface area contributed by atoms with Gasteiger partial charge < -0.3 is 10.4 Å². The van der Waals surface area contributed by atoms with E-state index in [2.05, 4.69) is 19.2 Å². The highest BCUT2D eigenvalue weighted by Gasteiger charge is 2.50. The molecule has 1 unspecified atom stereocenters. The van der Waals surface area contributed by atoms with E-state index in [-0.39, 0.29) is 23.7 Å². The van der Waals surface area contributed by atoms with E-state index in [9.17, 15) is 14.7 Å². The second-order valence-corrected chi connectivity index (χ2v) is 8.63. The lowest BCUT2D eigenvalue weighted by Crippen LogP contribution is -2.44. The summed E-state index contributed by atoms with van der Waals surface area (Å²) < 4.78 is 0. The van der Waals surface area contributed by atoms with Gasteiger partial charge >= 0.3 is 0 Å². The van der Waals surface area contributed by atoms with Gasteiger partial charge in [-0.2, -0.15) is 0 Å². The van der Waals surface area contributed by atoms with Crippen LogP contribution in [0.5, 0.6) is 0 Å². The van der Waals surface area contributed by atoms with E-state index in [0.717, 1.165) is 11.1 Å². The van der Waals surface area contributed by atoms with Gasteiger partial charge in [-0.25, -0.2) is 0 Å². The highest BCUT2D eigenvalue weighted by atomic mass is 16.3. The van der Waals surface area contributed by atoms with Crippen molar-refractivity contribution in [3.63, 3.8) is 0 Å². The molecular formula is C25H29NO3. The molecule has 2 aromatic rings. The van der Waals surface area contributed by atoms with Crippen LogP contribution in [0, 0.1) is 12.8 Å². The minimum absolute atomic E-state index is 0.0363. The standard InChI is InChI=1S/C25H29NO3/c1-15(2)14-25(29)21(23(27)20-8-6-17(5)7-9-20)22(26-24(25)28)19-12-10-18(11-13-19)16(3)4/h6-13,15-16,29H,14H2,1-5H3,(H,26,28). The van der Waals surface area contributed by atoms with Crippen molar-refractivity contribution < 1.29 is 14.7 Å². The van der Waals surface area contributed by atoms with Crippen LogP contribution in [0.2, 0.25) is 0 Å². The minimum Gasteiger partial charge on any atom is -0.375 e. The predicted octanol–water partition coefficient (Wildman–Crippen LogP) is 4.62. The molecule has 1 heterocycles. The summed E-state index contributed by atoms with van der Waals surface area (Å²) >= 11 is 0. The lowest BCUT2D eigenvalue weighted by atomic mass is 9.81. The van der Waals surface area contributed by atoms with Crippen LogP contribution in [-0.4, -0.2) is 22.4 Å². The Kier molecular flexibility index (Phi) is 5.76. The Hall–Kier alpha value is -2.72. The van der Waals surface area contributed by atoms with Gasteiger partial charge in [0.05, 0.1) is 11.3 Å². The fraction of sp³-hybridized carbons (Fsp3) is 0.360. The molecule has 29 heavy (non-hydrogen) atoms. The van der Waals surface area contributed by atoms with Crippen molar-refractivity contribution in [2.45, 2.75) is 52.6 Å². The summed E-state index contributed by atoms with van der Waals surface area (Å²) in [5, 5.41) is 14.2. The van der Waals surface area contributed by atoms with Crippen LogP contribution >= 0.6 is 0 Å². The average molecular weight is 392 g/mol. The van der Waals surface area contributed by atoms with Crippen molar-refractivity contribution in [1.29, 1.82) is 0 Å². The molecule has 1 aliphatic heterocycles. The molecule has 2 aromatic carbocycles. The number of carbonyl (C=O) groups excluding carboxylic acids is 2. The number of aliphatic hydroxyl groups is 1. The number of rotatable bonds is 6. The maximum Gasteiger partial charge on any atom is 0.261 e. The highest BCUT2D eigenvalue weighted by Crippen LogP contribution is 2.38. The van der Waals surface area contributed by atoms with E-state index >= 15 is 0 Å². The number of Topliss-reactive ketones (excluding diaryl/α,β-unsaturated/α-hetero) is 1. The van der Waals surface area contributed by atoms with Crippen molar-refractivity contribution in [2.24, 2.45) is 5.92 Å². The van der Waals surface area contributed by atoms with Gasteiger partial charge in [0.2, 0.25) is 0 Å². The second-order valence-electron chi connectivity index (χ2n) is 8.63. The van der Waals surface area contributed by atoms with Gasteiger partial charge in [-0.15, -0.1) is 0 Å². The number of ketones is 1. The van der Waals surface area contributed by atoms with Gasteiger partial charge in [0.25, 0.3) is 5.91 Å². The lowest BCUT2D eigenvalue weighted by Gasteiger charge is -2.25. The van der Waals surface area contributed by atoms with Crippen LogP contribution in [0.25, 0.3) is 5.70 Å². The van der Waals surface area contributed by atoms with Gasteiger partial charge in [-0.05, 0) is 36.3 Å². The largest absolute Gasteiger partial charge is 0.375 e. The maximum atomic E-state index is 13.4. The van der Waals surface area contributed by atoms with E-state index < -0.39 is 11.5 Å². The first-order valence-corrected chi connectivity index (χ1v) is 10.1. The first-order valence-electron chi connectivity index (χ1n) is 10.1. The molecule has 0 saturated carbocycles. The average Bonchev–Trinajstić information content (AvgIpc) is 2.92. The van der Waals surface area contributed by atoms with Gasteiger partial charge in [0.1, 0.15) is 0 Å². The third-order valence-electron chi connectivity index (χ3n) is 5.39. The number of nitrogens with one attached hydrogen (secondary N) is 1. The Labute approximate surface area is 172 Å². The summed E-state index contributed by atoms with van der Waals surface area (Å²) in [6.45, 7) is 10.0. The molecule has 2 N–H and O–H groups in total. The summed E-state index contributed by atoms with van der Waals surface area (Å²) in [4.78, 5) is 26.3. The summed E-state index contributed by atoms with van der Waals surface area (Å²) in [5.74, 6) is -0.448. The third-order valence-corrected chi connectivity index (χ3v) is 5.39. The molecule has 0 radical (unpaired) electrons. The van der Waals surface area contributed by atoms with Crippen molar-refractivity contribution in [3.8, 4) is 0 Å². The number of amides is 1. The zero-order valence-corrected chi connectivity index (χ0v) is 17.7. The number of hydrogen-bond acceptors (Lipinski definition) is 3. The molecule has 3 rings (SSSR count). The van der Waals surface area contributed by atoms with E-state index in [1.165, 1.54) is 5.56 Å². The molecule has 0 spiro atoms. The van der Waals surface area contributed by atoms with Crippen molar-refractivity contribution in [1.82, 2.24) is 5.32 Å². The molecule has 1 atom stereocenters. The van der Waals surface area contributed by atoms with Crippen molar-refractivity contribution >= 4 is 17.4 Å². The monoisotopic (exact) mass is 391 g/mol. The first kappa shape index (κ1) is 21.0. The Morgan fingerprint density at radius 1 is 1.00 bits per heavy atom. The lowest BCUT2D eigenvalue weighted by molar-refractivity contribution is -0.134. The zero-order chi connectivity index (χ0) is 21.3. The van der Waals surface area contributed by atoms with E-state index in [1.54, 1.807) is 12.1 Å². The van der Waals surface area contributed by atoms with E-state index in [4.69, 9.17) is 0 Å². The van der Waals surface area contributed by atoms with Gasteiger partial charge in [0, 0.05) is 5.56 Å². The van der Waals surface area contributed by atoms with Crippen LogP contribution in [0.15, 0.2) is 54.1 Å². The van der Waals surface area contributed by atoms with Crippen molar-refractivity contribution in [2.75, 3.05) is 0 Å². The molecule has 152 valence electrons. The molecule has 1 amide bonds. The molecule has 0 aromatic heterocycles. The molecule has 0 bridgehead atoms. The van der Waals surface area contributed by atoms with Crippen LogP contribution in [0.3, 0.4) is 0 Å². The van der Waals surface area contributed by atoms with Gasteiger partial charge in [0.15, 0.2) is 11.4 Å². The third kappa shape index (κ3) is 4.03. The Morgan fingerprint density at radius 2 is 1.59 bits per heavy atom. The summed E-state index contributed by atoms with van der Waals surface area (Å²) in [6.07, 6.45) is 0.180. The maximum absolute atomic E-state index is 13.4. The van der Waals surface area contributed by atoms with E-state index in [1.807, 2.05) is 57.2 Å². The summed E-state index contributed by atoms with van der Waals surface area (Å²) in [5.41, 5.74) is 2.08. The zero-order valence-electron chi connectivity index (χ0n) is 17.7. The van der Waals surface area contributed by atoms with Crippen molar-refractivity contribution in [3.05, 3.63) is 76.4 Å².